The number of nitrogen functional groups attached to an aromatic ring is 1. The first-order valence-electron chi connectivity index (χ1n) is 8.63. The van der Waals surface area contributed by atoms with Gasteiger partial charge in [-0.05, 0) is 24.6 Å². The smallest absolute Gasteiger partial charge is 0.282 e. The number of fused-ring (bicyclic) bond motifs is 1. The number of carbonyl (C=O) groups is 1. The molecule has 28 heavy (non-hydrogen) atoms. The van der Waals surface area contributed by atoms with Gasteiger partial charge in [-0.2, -0.15) is 0 Å². The molecule has 4 rings (SSSR count). The van der Waals surface area contributed by atoms with Crippen LogP contribution in [0.25, 0.3) is 0 Å². The fraction of sp³-hybridized carbons (Fsp3) is 0.444. The molecule has 1 saturated carbocycles. The minimum Gasteiger partial charge on any atom is -0.399 e. The molecule has 1 aliphatic carbocycles. The molecule has 0 spiro atoms. The number of amides is 1. The molecule has 0 aromatic heterocycles. The van der Waals surface area contributed by atoms with Gasteiger partial charge in [0.05, 0.1) is 13.1 Å². The van der Waals surface area contributed by atoms with Crippen molar-refractivity contribution in [3.8, 4) is 0 Å². The Bertz CT molecular complexity index is 900. The Morgan fingerprint density at radius 3 is 2.71 bits per heavy atom. The Morgan fingerprint density at radius 2 is 2.07 bits per heavy atom. The number of nitrogens with two attached hydrogens (primary N) is 2. The molecule has 10 heteroatoms. The number of anilines is 1. The average molecular weight is 414 g/mol. The molecule has 3 aliphatic rings. The molecule has 3 atom stereocenters. The van der Waals surface area contributed by atoms with Gasteiger partial charge in [-0.25, -0.2) is 22.6 Å². The summed E-state index contributed by atoms with van der Waals surface area (Å²) in [6.45, 7) is -2.22. The summed E-state index contributed by atoms with van der Waals surface area (Å²) in [5, 5.41) is 0.0702. The molecule has 2 fully saturated rings. The van der Waals surface area contributed by atoms with E-state index in [-0.39, 0.29) is 16.4 Å². The molecular weight excluding hydrogens is 396 g/mol. The Kier molecular flexibility index (Phi) is 4.18. The van der Waals surface area contributed by atoms with Crippen molar-refractivity contribution in [2.75, 3.05) is 25.5 Å². The first kappa shape index (κ1) is 19.1. The summed E-state index contributed by atoms with van der Waals surface area (Å²) in [7, 11) is 0. The number of halogens is 4. The maximum atomic E-state index is 14.5. The van der Waals surface area contributed by atoms with Gasteiger partial charge in [0.25, 0.3) is 5.92 Å². The van der Waals surface area contributed by atoms with Gasteiger partial charge in [0.1, 0.15) is 18.0 Å². The van der Waals surface area contributed by atoms with E-state index in [0.717, 1.165) is 11.0 Å². The number of amidine groups is 1. The maximum Gasteiger partial charge on any atom is 0.282 e. The van der Waals surface area contributed by atoms with Crippen molar-refractivity contribution in [3.05, 3.63) is 41.7 Å². The van der Waals surface area contributed by atoms with E-state index >= 15 is 0 Å². The van der Waals surface area contributed by atoms with Crippen LogP contribution in [-0.2, 0) is 10.3 Å². The van der Waals surface area contributed by atoms with E-state index in [2.05, 4.69) is 4.99 Å². The number of benzene rings is 1. The number of alkyl halides is 3. The molecule has 5 nitrogen and oxygen atoms in total. The van der Waals surface area contributed by atoms with Crippen molar-refractivity contribution in [2.45, 2.75) is 22.6 Å². The normalized spacial score (nSPS) is 33.2. The fourth-order valence-corrected chi connectivity index (χ4v) is 5.28. The van der Waals surface area contributed by atoms with E-state index in [9.17, 15) is 22.4 Å². The summed E-state index contributed by atoms with van der Waals surface area (Å²) < 4.78 is 53.9. The molecule has 4 N–H and O–H groups in total. The second-order valence-corrected chi connectivity index (χ2v) is 8.83. The minimum absolute atomic E-state index is 0.0206. The van der Waals surface area contributed by atoms with Gasteiger partial charge >= 0.3 is 0 Å². The van der Waals surface area contributed by atoms with Crippen LogP contribution in [0.15, 0.2) is 35.3 Å². The molecule has 2 aliphatic heterocycles. The first-order valence-corrected chi connectivity index (χ1v) is 9.44. The SMILES string of the molecule is NC1=N[C@](CF)(c2cc(N)ccc2F)[C@@H]2C[C@]2(/C=C/C(=O)N2CC(F)(F)C2)S1. The van der Waals surface area contributed by atoms with E-state index in [1.807, 2.05) is 0 Å². The number of rotatable bonds is 4. The van der Waals surface area contributed by atoms with Gasteiger partial charge in [-0.3, -0.25) is 4.79 Å². The van der Waals surface area contributed by atoms with Crippen LogP contribution in [0.4, 0.5) is 23.2 Å². The molecule has 1 aromatic rings. The fourth-order valence-electron chi connectivity index (χ4n) is 3.96. The largest absolute Gasteiger partial charge is 0.399 e. The number of carbonyl (C=O) groups excluding carboxylic acids is 1. The summed E-state index contributed by atoms with van der Waals surface area (Å²) in [5.41, 5.74) is 10.4. The highest BCUT2D eigenvalue weighted by Gasteiger charge is 2.67. The maximum absolute atomic E-state index is 14.5. The van der Waals surface area contributed by atoms with Gasteiger partial charge in [0.15, 0.2) is 5.17 Å². The number of hydrogen-bond acceptors (Lipinski definition) is 5. The standard InChI is InChI=1S/C18H18F4N4OS/c19-7-18(11-5-10(23)1-2-12(11)20)13-6-16(13,28-15(24)25-18)4-3-14(27)26-8-17(21,22)9-26/h1-5,13H,6-9,23H2,(H2,24,25)/b4-3+/t13-,16+,18-/m1/s1. The third-order valence-electron chi connectivity index (χ3n) is 5.46. The number of thioether (sulfide) groups is 1. The first-order chi connectivity index (χ1) is 13.1. The number of hydrogen-bond donors (Lipinski definition) is 2. The van der Waals surface area contributed by atoms with Gasteiger partial charge in [-0.15, -0.1) is 0 Å². The van der Waals surface area contributed by atoms with E-state index in [1.165, 1.54) is 30.0 Å². The third-order valence-corrected chi connectivity index (χ3v) is 6.73. The highest BCUT2D eigenvalue weighted by atomic mass is 32.2. The van der Waals surface area contributed by atoms with E-state index in [0.29, 0.717) is 6.42 Å². The highest BCUT2D eigenvalue weighted by Crippen LogP contribution is 2.66. The van der Waals surface area contributed by atoms with Crippen molar-refractivity contribution in [1.29, 1.82) is 0 Å². The molecule has 150 valence electrons. The summed E-state index contributed by atoms with van der Waals surface area (Å²) >= 11 is 1.17. The zero-order valence-corrected chi connectivity index (χ0v) is 15.5. The van der Waals surface area contributed by atoms with E-state index in [4.69, 9.17) is 11.5 Å². The zero-order chi connectivity index (χ0) is 20.3. The van der Waals surface area contributed by atoms with Crippen LogP contribution in [0.5, 0.6) is 0 Å². The van der Waals surface area contributed by atoms with Gasteiger partial charge in [0, 0.05) is 28.0 Å². The van der Waals surface area contributed by atoms with Gasteiger partial charge in [-0.1, -0.05) is 17.8 Å². The van der Waals surface area contributed by atoms with Crippen molar-refractivity contribution >= 4 is 28.5 Å². The Balaban J connectivity index is 1.62. The number of likely N-dealkylation sites (tertiary alicyclic amines) is 1. The van der Waals surface area contributed by atoms with E-state index in [1.54, 1.807) is 6.08 Å². The second-order valence-electron chi connectivity index (χ2n) is 7.44. The predicted octanol–water partition coefficient (Wildman–Crippen LogP) is 2.43. The lowest BCUT2D eigenvalue weighted by Gasteiger charge is -2.38. The van der Waals surface area contributed by atoms with Crippen LogP contribution in [0.1, 0.15) is 12.0 Å². The second kappa shape index (κ2) is 6.13. The monoisotopic (exact) mass is 414 g/mol. The Morgan fingerprint density at radius 1 is 1.36 bits per heavy atom. The lowest BCUT2D eigenvalue weighted by Crippen LogP contribution is -2.58. The quantitative estimate of drug-likeness (QED) is 0.450. The van der Waals surface area contributed by atoms with E-state index < -0.39 is 53.6 Å². The molecule has 0 unspecified atom stereocenters. The van der Waals surface area contributed by atoms with Crippen molar-refractivity contribution < 1.29 is 22.4 Å². The van der Waals surface area contributed by atoms with Crippen LogP contribution in [-0.4, -0.2) is 46.4 Å². The molecule has 1 saturated heterocycles. The van der Waals surface area contributed by atoms with Gasteiger partial charge < -0.3 is 16.4 Å². The zero-order valence-electron chi connectivity index (χ0n) is 14.7. The molecule has 1 aromatic carbocycles. The molecule has 1 amide bonds. The summed E-state index contributed by atoms with van der Waals surface area (Å²) in [6.07, 6.45) is 3.18. The van der Waals surface area contributed by atoms with Crippen LogP contribution in [0.3, 0.4) is 0 Å². The highest BCUT2D eigenvalue weighted by molar-refractivity contribution is 8.15. The third kappa shape index (κ3) is 2.94. The van der Waals surface area contributed by atoms with Crippen molar-refractivity contribution in [1.82, 2.24) is 4.90 Å². The van der Waals surface area contributed by atoms with Crippen LogP contribution in [0, 0.1) is 11.7 Å². The van der Waals surface area contributed by atoms with Crippen LogP contribution < -0.4 is 11.5 Å². The lowest BCUT2D eigenvalue weighted by atomic mass is 9.84. The summed E-state index contributed by atoms with van der Waals surface area (Å²) in [4.78, 5) is 17.3. The lowest BCUT2D eigenvalue weighted by molar-refractivity contribution is -0.160. The molecule has 0 bridgehead atoms. The minimum atomic E-state index is -2.85. The average Bonchev–Trinajstić information content (AvgIpc) is 3.34. The Hall–Kier alpha value is -2.23. The van der Waals surface area contributed by atoms with Crippen LogP contribution in [0.2, 0.25) is 0 Å². The molecular formula is C18H18F4N4OS. The predicted molar refractivity (Wildman–Crippen MR) is 99.2 cm³/mol. The summed E-state index contributed by atoms with van der Waals surface area (Å²) in [6, 6.07) is 3.88. The van der Waals surface area contributed by atoms with Gasteiger partial charge in [0.2, 0.25) is 5.91 Å². The molecule has 0 radical (unpaired) electrons. The topological polar surface area (TPSA) is 84.7 Å². The number of aliphatic imine (C=N–C) groups is 1. The van der Waals surface area contributed by atoms with Crippen molar-refractivity contribution in [3.63, 3.8) is 0 Å². The summed E-state index contributed by atoms with van der Waals surface area (Å²) in [5.74, 6) is -4.48. The number of nitrogens with zero attached hydrogens (tertiary/aromatic N) is 2. The molecule has 2 heterocycles. The van der Waals surface area contributed by atoms with Crippen LogP contribution >= 0.6 is 11.8 Å². The van der Waals surface area contributed by atoms with Crippen molar-refractivity contribution in [2.24, 2.45) is 16.6 Å². The Labute approximate surface area is 162 Å².